The van der Waals surface area contributed by atoms with Gasteiger partial charge in [0.25, 0.3) is 0 Å². The Morgan fingerprint density at radius 2 is 2.41 bits per heavy atom. The van der Waals surface area contributed by atoms with Gasteiger partial charge >= 0.3 is 0 Å². The molecule has 3 aliphatic rings. The fourth-order valence-electron chi connectivity index (χ4n) is 3.04. The molecule has 5 heteroatoms. The fourth-order valence-corrected chi connectivity index (χ4v) is 4.37. The Balaban J connectivity index is 1.63. The standard InChI is InChI=1S/C12H21N3OS/c13-12-14-6-11(9-3-5-17-8-9)15(12)7-10-2-1-4-16-10/h9-11H,1-8H2,(H2,13,14). The fraction of sp³-hybridized carbons (Fsp3) is 0.917. The number of hydrogen-bond acceptors (Lipinski definition) is 5. The van der Waals surface area contributed by atoms with E-state index >= 15 is 0 Å². The van der Waals surface area contributed by atoms with Gasteiger partial charge in [0.15, 0.2) is 5.96 Å². The summed E-state index contributed by atoms with van der Waals surface area (Å²) in [4.78, 5) is 6.75. The molecular weight excluding hydrogens is 234 g/mol. The normalized spacial score (nSPS) is 37.8. The minimum Gasteiger partial charge on any atom is -0.376 e. The van der Waals surface area contributed by atoms with E-state index in [1.54, 1.807) is 0 Å². The molecule has 2 N–H and O–H groups in total. The van der Waals surface area contributed by atoms with Crippen molar-refractivity contribution in [2.75, 3.05) is 31.2 Å². The van der Waals surface area contributed by atoms with Crippen molar-refractivity contribution in [1.82, 2.24) is 4.90 Å². The molecule has 0 spiro atoms. The Morgan fingerprint density at radius 3 is 3.12 bits per heavy atom. The first-order valence-corrected chi connectivity index (χ1v) is 7.76. The van der Waals surface area contributed by atoms with E-state index in [0.29, 0.717) is 12.1 Å². The van der Waals surface area contributed by atoms with Gasteiger partial charge in [-0.3, -0.25) is 4.99 Å². The predicted molar refractivity (Wildman–Crippen MR) is 71.4 cm³/mol. The van der Waals surface area contributed by atoms with Crippen molar-refractivity contribution >= 4 is 17.7 Å². The van der Waals surface area contributed by atoms with Crippen molar-refractivity contribution in [1.29, 1.82) is 0 Å². The van der Waals surface area contributed by atoms with E-state index in [1.165, 1.54) is 30.8 Å². The van der Waals surface area contributed by atoms with Crippen LogP contribution in [-0.4, -0.2) is 54.2 Å². The molecule has 3 rings (SSSR count). The number of hydrogen-bond donors (Lipinski definition) is 1. The van der Waals surface area contributed by atoms with Gasteiger partial charge in [-0.25, -0.2) is 0 Å². The molecule has 3 aliphatic heterocycles. The lowest BCUT2D eigenvalue weighted by atomic mass is 9.98. The largest absolute Gasteiger partial charge is 0.376 e. The highest BCUT2D eigenvalue weighted by molar-refractivity contribution is 7.99. The minimum absolute atomic E-state index is 0.374. The summed E-state index contributed by atoms with van der Waals surface area (Å²) in [6, 6.07) is 0.536. The topological polar surface area (TPSA) is 50.8 Å². The summed E-state index contributed by atoms with van der Waals surface area (Å²) in [5.41, 5.74) is 6.03. The molecule has 4 nitrogen and oxygen atoms in total. The highest BCUT2D eigenvalue weighted by atomic mass is 32.2. The van der Waals surface area contributed by atoms with Crippen LogP contribution in [-0.2, 0) is 4.74 Å². The highest BCUT2D eigenvalue weighted by Gasteiger charge is 2.36. The summed E-state index contributed by atoms with van der Waals surface area (Å²) in [6.45, 7) is 2.75. The molecule has 0 aliphatic carbocycles. The van der Waals surface area contributed by atoms with E-state index in [2.05, 4.69) is 21.7 Å². The van der Waals surface area contributed by atoms with Crippen molar-refractivity contribution in [3.05, 3.63) is 0 Å². The summed E-state index contributed by atoms with van der Waals surface area (Å²) in [5.74, 6) is 4.08. The zero-order valence-corrected chi connectivity index (χ0v) is 11.0. The van der Waals surface area contributed by atoms with Crippen LogP contribution in [0.3, 0.4) is 0 Å². The zero-order chi connectivity index (χ0) is 11.7. The van der Waals surface area contributed by atoms with E-state index in [4.69, 9.17) is 10.5 Å². The average molecular weight is 255 g/mol. The van der Waals surface area contributed by atoms with E-state index in [0.717, 1.165) is 31.6 Å². The van der Waals surface area contributed by atoms with Crippen LogP contribution in [0.5, 0.6) is 0 Å². The Labute approximate surface area is 107 Å². The zero-order valence-electron chi connectivity index (χ0n) is 10.2. The lowest BCUT2D eigenvalue weighted by Gasteiger charge is -2.31. The summed E-state index contributed by atoms with van der Waals surface area (Å²) < 4.78 is 5.72. The molecule has 0 aromatic heterocycles. The quantitative estimate of drug-likeness (QED) is 0.814. The number of aliphatic imine (C=N–C) groups is 1. The third-order valence-electron chi connectivity index (χ3n) is 4.07. The second-order valence-electron chi connectivity index (χ2n) is 5.18. The summed E-state index contributed by atoms with van der Waals surface area (Å²) in [6.07, 6.45) is 4.06. The third-order valence-corrected chi connectivity index (χ3v) is 5.26. The number of thioether (sulfide) groups is 1. The van der Waals surface area contributed by atoms with Crippen LogP contribution >= 0.6 is 11.8 Å². The molecule has 3 heterocycles. The highest BCUT2D eigenvalue weighted by Crippen LogP contribution is 2.31. The van der Waals surface area contributed by atoms with Gasteiger partial charge in [0.2, 0.25) is 0 Å². The maximum atomic E-state index is 6.03. The molecule has 0 bridgehead atoms. The van der Waals surface area contributed by atoms with Crippen molar-refractivity contribution in [2.24, 2.45) is 16.6 Å². The van der Waals surface area contributed by atoms with Gasteiger partial charge in [-0.2, -0.15) is 11.8 Å². The minimum atomic E-state index is 0.374. The van der Waals surface area contributed by atoms with Crippen LogP contribution in [0.1, 0.15) is 19.3 Å². The van der Waals surface area contributed by atoms with Crippen LogP contribution < -0.4 is 5.73 Å². The summed E-state index contributed by atoms with van der Waals surface area (Å²) >= 11 is 2.07. The van der Waals surface area contributed by atoms with Crippen molar-refractivity contribution in [3.63, 3.8) is 0 Å². The molecule has 2 fully saturated rings. The van der Waals surface area contributed by atoms with Gasteiger partial charge in [0, 0.05) is 13.2 Å². The monoisotopic (exact) mass is 255 g/mol. The molecule has 2 saturated heterocycles. The first kappa shape index (κ1) is 11.7. The molecule has 0 radical (unpaired) electrons. The van der Waals surface area contributed by atoms with Crippen LogP contribution in [0.2, 0.25) is 0 Å². The number of ether oxygens (including phenoxy) is 1. The summed E-state index contributed by atoms with van der Waals surface area (Å²) in [7, 11) is 0. The molecule has 3 unspecified atom stereocenters. The second-order valence-corrected chi connectivity index (χ2v) is 6.33. The van der Waals surface area contributed by atoms with Crippen LogP contribution in [0, 0.1) is 5.92 Å². The van der Waals surface area contributed by atoms with E-state index in [9.17, 15) is 0 Å². The van der Waals surface area contributed by atoms with Crippen molar-refractivity contribution in [2.45, 2.75) is 31.4 Å². The number of guanidine groups is 1. The maximum absolute atomic E-state index is 6.03. The Bertz CT molecular complexity index is 298. The molecule has 17 heavy (non-hydrogen) atoms. The number of rotatable bonds is 3. The van der Waals surface area contributed by atoms with E-state index in [-0.39, 0.29) is 0 Å². The Kier molecular flexibility index (Phi) is 3.47. The molecule has 0 amide bonds. The molecular formula is C12H21N3OS. The summed E-state index contributed by atoms with van der Waals surface area (Å²) in [5, 5.41) is 0. The van der Waals surface area contributed by atoms with E-state index in [1.807, 2.05) is 0 Å². The van der Waals surface area contributed by atoms with E-state index < -0.39 is 0 Å². The van der Waals surface area contributed by atoms with Crippen LogP contribution in [0.15, 0.2) is 4.99 Å². The SMILES string of the molecule is NC1=NCC(C2CCSC2)N1CC1CCCO1. The molecule has 0 aromatic rings. The van der Waals surface area contributed by atoms with Gasteiger partial charge in [0.05, 0.1) is 18.7 Å². The molecule has 0 saturated carbocycles. The van der Waals surface area contributed by atoms with Crippen LogP contribution in [0.4, 0.5) is 0 Å². The Morgan fingerprint density at radius 1 is 1.47 bits per heavy atom. The first-order valence-electron chi connectivity index (χ1n) is 6.60. The number of nitrogens with two attached hydrogens (primary N) is 1. The number of nitrogens with zero attached hydrogens (tertiary/aromatic N) is 2. The third kappa shape index (κ3) is 2.40. The smallest absolute Gasteiger partial charge is 0.191 e. The maximum Gasteiger partial charge on any atom is 0.191 e. The molecule has 3 atom stereocenters. The van der Waals surface area contributed by atoms with Gasteiger partial charge in [0.1, 0.15) is 0 Å². The van der Waals surface area contributed by atoms with Gasteiger partial charge < -0.3 is 15.4 Å². The lowest BCUT2D eigenvalue weighted by molar-refractivity contribution is 0.0798. The predicted octanol–water partition coefficient (Wildman–Crippen LogP) is 0.917. The molecule has 0 aromatic carbocycles. The van der Waals surface area contributed by atoms with Crippen molar-refractivity contribution in [3.8, 4) is 0 Å². The Hall–Kier alpha value is -0.420. The second kappa shape index (κ2) is 5.06. The van der Waals surface area contributed by atoms with Gasteiger partial charge in [-0.15, -0.1) is 0 Å². The molecule has 96 valence electrons. The lowest BCUT2D eigenvalue weighted by Crippen LogP contribution is -2.48. The van der Waals surface area contributed by atoms with Crippen LogP contribution in [0.25, 0.3) is 0 Å². The first-order chi connectivity index (χ1) is 8.34. The van der Waals surface area contributed by atoms with Gasteiger partial charge in [-0.05, 0) is 36.7 Å². The van der Waals surface area contributed by atoms with Crippen molar-refractivity contribution < 1.29 is 4.74 Å². The van der Waals surface area contributed by atoms with Gasteiger partial charge in [-0.1, -0.05) is 0 Å². The average Bonchev–Trinajstić information content (AvgIpc) is 3.03.